The van der Waals surface area contributed by atoms with Gasteiger partial charge in [0.1, 0.15) is 0 Å². The Morgan fingerprint density at radius 2 is 1.06 bits per heavy atom. The summed E-state index contributed by atoms with van der Waals surface area (Å²) in [5.41, 5.74) is 0.00448. The lowest BCUT2D eigenvalue weighted by atomic mass is 10.1. The molecular weight excluding hydrogens is 556 g/mol. The maximum absolute atomic E-state index is 13.1. The SMILES string of the molecule is O=C(O[C@H](C(=O)O)[C@@H](OC(=O)c1ccc(Cl)cc1)C(=O)Nc1cc(Cl)cc(Cl)c1)c1ccc(Cl)cc1. The van der Waals surface area contributed by atoms with E-state index in [2.05, 4.69) is 5.32 Å². The summed E-state index contributed by atoms with van der Waals surface area (Å²) in [5, 5.41) is 13.2. The number of nitrogens with one attached hydrogen (secondary N) is 1. The van der Waals surface area contributed by atoms with Crippen LogP contribution >= 0.6 is 46.4 Å². The van der Waals surface area contributed by atoms with Crippen molar-refractivity contribution in [3.8, 4) is 0 Å². The minimum Gasteiger partial charge on any atom is -0.478 e. The van der Waals surface area contributed by atoms with Gasteiger partial charge in [0.05, 0.1) is 11.1 Å². The average Bonchev–Trinajstić information content (AvgIpc) is 2.81. The first-order valence-electron chi connectivity index (χ1n) is 9.96. The van der Waals surface area contributed by atoms with Gasteiger partial charge in [0.2, 0.25) is 12.2 Å². The molecule has 3 aromatic rings. The van der Waals surface area contributed by atoms with Gasteiger partial charge in [-0.05, 0) is 66.7 Å². The van der Waals surface area contributed by atoms with Crippen molar-refractivity contribution in [1.82, 2.24) is 0 Å². The molecule has 2 N–H and O–H groups in total. The first kappa shape index (κ1) is 27.3. The van der Waals surface area contributed by atoms with Gasteiger partial charge in [-0.1, -0.05) is 46.4 Å². The van der Waals surface area contributed by atoms with E-state index in [1.54, 1.807) is 0 Å². The zero-order valence-corrected chi connectivity index (χ0v) is 20.9. The maximum Gasteiger partial charge on any atom is 0.349 e. The number of ether oxygens (including phenoxy) is 2. The first-order valence-corrected chi connectivity index (χ1v) is 11.5. The van der Waals surface area contributed by atoms with Crippen LogP contribution in [-0.4, -0.2) is 41.1 Å². The molecule has 0 aliphatic heterocycles. The predicted octanol–water partition coefficient (Wildman–Crippen LogP) is 5.77. The topological polar surface area (TPSA) is 119 Å². The molecule has 0 radical (unpaired) electrons. The molecule has 0 aliphatic carbocycles. The highest BCUT2D eigenvalue weighted by Crippen LogP contribution is 2.24. The summed E-state index contributed by atoms with van der Waals surface area (Å²) in [7, 11) is 0. The molecule has 0 aliphatic rings. The molecule has 3 rings (SSSR count). The van der Waals surface area contributed by atoms with Crippen LogP contribution in [-0.2, 0) is 19.1 Å². The van der Waals surface area contributed by atoms with Crippen molar-refractivity contribution < 1.29 is 33.8 Å². The second kappa shape index (κ2) is 12.1. The minimum atomic E-state index is -2.22. The lowest BCUT2D eigenvalue weighted by Crippen LogP contribution is -2.48. The zero-order valence-electron chi connectivity index (χ0n) is 17.9. The predicted molar refractivity (Wildman–Crippen MR) is 134 cm³/mol. The van der Waals surface area contributed by atoms with Crippen LogP contribution in [0.4, 0.5) is 5.69 Å². The van der Waals surface area contributed by atoms with E-state index in [4.69, 9.17) is 55.9 Å². The summed E-state index contributed by atoms with van der Waals surface area (Å²) < 4.78 is 10.3. The molecule has 0 bridgehead atoms. The Morgan fingerprint density at radius 3 is 1.47 bits per heavy atom. The van der Waals surface area contributed by atoms with Crippen molar-refractivity contribution in [3.63, 3.8) is 0 Å². The van der Waals surface area contributed by atoms with E-state index in [9.17, 15) is 24.3 Å². The molecule has 2 atom stereocenters. The molecule has 0 saturated carbocycles. The zero-order chi connectivity index (χ0) is 26.4. The normalized spacial score (nSPS) is 12.2. The van der Waals surface area contributed by atoms with Crippen LogP contribution < -0.4 is 5.32 Å². The number of esters is 2. The number of carboxylic acids is 1. The Kier molecular flexibility index (Phi) is 9.17. The van der Waals surface area contributed by atoms with Crippen molar-refractivity contribution in [2.24, 2.45) is 0 Å². The molecule has 0 fully saturated rings. The Bertz CT molecular complexity index is 1280. The second-order valence-corrected chi connectivity index (χ2v) is 8.90. The number of carboxylic acid groups (broad SMARTS) is 1. The Hall–Kier alpha value is -3.30. The third kappa shape index (κ3) is 7.35. The number of rotatable bonds is 8. The molecule has 8 nitrogen and oxygen atoms in total. The van der Waals surface area contributed by atoms with Gasteiger partial charge < -0.3 is 19.9 Å². The number of benzene rings is 3. The van der Waals surface area contributed by atoms with Crippen LogP contribution in [0.25, 0.3) is 0 Å². The van der Waals surface area contributed by atoms with Crippen LogP contribution in [0.15, 0.2) is 66.7 Å². The summed E-state index contributed by atoms with van der Waals surface area (Å²) in [5.74, 6) is -5.02. The van der Waals surface area contributed by atoms with E-state index in [0.717, 1.165) is 0 Å². The number of halogens is 4. The summed E-state index contributed by atoms with van der Waals surface area (Å²) in [6.45, 7) is 0. The van der Waals surface area contributed by atoms with Crippen LogP contribution in [0, 0.1) is 0 Å². The Morgan fingerprint density at radius 1 is 0.639 bits per heavy atom. The molecular formula is C24H15Cl4NO7. The lowest BCUT2D eigenvalue weighted by Gasteiger charge is -2.23. The number of hydrogen-bond donors (Lipinski definition) is 2. The highest BCUT2D eigenvalue weighted by molar-refractivity contribution is 6.35. The lowest BCUT2D eigenvalue weighted by molar-refractivity contribution is -0.157. The van der Waals surface area contributed by atoms with Gasteiger partial charge in [0.25, 0.3) is 5.91 Å². The van der Waals surface area contributed by atoms with Gasteiger partial charge in [0.15, 0.2) is 0 Å². The molecule has 0 heterocycles. The largest absolute Gasteiger partial charge is 0.478 e. The van der Waals surface area contributed by atoms with Gasteiger partial charge in [-0.25, -0.2) is 14.4 Å². The van der Waals surface area contributed by atoms with E-state index < -0.39 is 36.0 Å². The summed E-state index contributed by atoms with van der Waals surface area (Å²) in [6.07, 6.45) is -4.33. The maximum atomic E-state index is 13.1. The van der Waals surface area contributed by atoms with Gasteiger partial charge >= 0.3 is 17.9 Å². The van der Waals surface area contributed by atoms with Crippen LogP contribution in [0.5, 0.6) is 0 Å². The smallest absolute Gasteiger partial charge is 0.349 e. The van der Waals surface area contributed by atoms with Crippen molar-refractivity contribution in [3.05, 3.63) is 97.9 Å². The fourth-order valence-corrected chi connectivity index (χ4v) is 3.65. The Labute approximate surface area is 224 Å². The monoisotopic (exact) mass is 569 g/mol. The summed E-state index contributed by atoms with van der Waals surface area (Å²) >= 11 is 23.5. The van der Waals surface area contributed by atoms with Gasteiger partial charge in [0, 0.05) is 25.8 Å². The molecule has 3 aromatic carbocycles. The molecule has 36 heavy (non-hydrogen) atoms. The van der Waals surface area contributed by atoms with E-state index >= 15 is 0 Å². The Balaban J connectivity index is 1.92. The van der Waals surface area contributed by atoms with E-state index in [1.807, 2.05) is 0 Å². The number of hydrogen-bond acceptors (Lipinski definition) is 6. The number of aliphatic carboxylic acids is 1. The molecule has 0 unspecified atom stereocenters. The van der Waals surface area contributed by atoms with Crippen LogP contribution in [0.3, 0.4) is 0 Å². The first-order chi connectivity index (χ1) is 17.0. The molecule has 0 saturated heterocycles. The molecule has 1 amide bonds. The second-order valence-electron chi connectivity index (χ2n) is 7.15. The number of carbonyl (C=O) groups is 4. The van der Waals surface area contributed by atoms with Crippen LogP contribution in [0.2, 0.25) is 20.1 Å². The fraction of sp³-hybridized carbons (Fsp3) is 0.0833. The third-order valence-electron chi connectivity index (χ3n) is 4.53. The fourth-order valence-electron chi connectivity index (χ4n) is 2.87. The van der Waals surface area contributed by atoms with E-state index in [0.29, 0.717) is 10.0 Å². The third-order valence-corrected chi connectivity index (χ3v) is 5.48. The molecule has 186 valence electrons. The highest BCUT2D eigenvalue weighted by atomic mass is 35.5. The van der Waals surface area contributed by atoms with Crippen molar-refractivity contribution in [1.29, 1.82) is 0 Å². The molecule has 12 heteroatoms. The molecule has 0 spiro atoms. The minimum absolute atomic E-state index is 0.0313. The van der Waals surface area contributed by atoms with E-state index in [1.165, 1.54) is 66.7 Å². The van der Waals surface area contributed by atoms with Crippen molar-refractivity contribution in [2.75, 3.05) is 5.32 Å². The number of anilines is 1. The quantitative estimate of drug-likeness (QED) is 0.330. The molecule has 0 aromatic heterocycles. The van der Waals surface area contributed by atoms with Gasteiger partial charge in [-0.15, -0.1) is 0 Å². The van der Waals surface area contributed by atoms with Crippen molar-refractivity contribution >= 4 is 75.9 Å². The summed E-state index contributed by atoms with van der Waals surface area (Å²) in [4.78, 5) is 50.5. The summed E-state index contributed by atoms with van der Waals surface area (Å²) in [6, 6.07) is 14.9. The van der Waals surface area contributed by atoms with Crippen LogP contribution in [0.1, 0.15) is 20.7 Å². The number of amides is 1. The van der Waals surface area contributed by atoms with Gasteiger partial charge in [-0.2, -0.15) is 0 Å². The van der Waals surface area contributed by atoms with Crippen molar-refractivity contribution in [2.45, 2.75) is 12.2 Å². The number of carbonyl (C=O) groups excluding carboxylic acids is 3. The van der Waals surface area contributed by atoms with E-state index in [-0.39, 0.29) is 26.9 Å². The average molecular weight is 571 g/mol. The standard InChI is InChI=1S/C24H15Cl4NO7/c25-14-5-1-12(2-6-14)23(33)35-19(21(30)29-18-10-16(27)9-17(28)11-18)20(22(31)32)36-24(34)13-3-7-15(26)8-4-13/h1-11,19-20H,(H,29,30)(H,31,32)/t19-,20+/m1/s1. The van der Waals surface area contributed by atoms with Gasteiger partial charge in [-0.3, -0.25) is 4.79 Å². The highest BCUT2D eigenvalue weighted by Gasteiger charge is 2.41.